The molecule has 2 N–H and O–H groups in total. The summed E-state index contributed by atoms with van der Waals surface area (Å²) >= 11 is 10.3. The van der Waals surface area contributed by atoms with Gasteiger partial charge in [0, 0.05) is 23.1 Å². The van der Waals surface area contributed by atoms with Crippen LogP contribution in [0.1, 0.15) is 23.2 Å². The van der Waals surface area contributed by atoms with Crippen LogP contribution < -0.4 is 5.73 Å². The summed E-state index contributed by atoms with van der Waals surface area (Å²) in [5.41, 5.74) is 6.58. The summed E-state index contributed by atoms with van der Waals surface area (Å²) in [5, 5.41) is 0. The highest BCUT2D eigenvalue weighted by atomic mass is 79.9. The number of amides is 1. The van der Waals surface area contributed by atoms with Gasteiger partial charge in [0.2, 0.25) is 0 Å². The summed E-state index contributed by atoms with van der Waals surface area (Å²) in [6.45, 7) is 1.40. The molecule has 1 saturated heterocycles. The van der Waals surface area contributed by atoms with Crippen molar-refractivity contribution < 1.29 is 4.79 Å². The minimum Gasteiger partial charge on any atom is -0.392 e. The molecule has 1 fully saturated rings. The predicted octanol–water partition coefficient (Wildman–Crippen LogP) is 3.07. The van der Waals surface area contributed by atoms with Crippen LogP contribution in [0.2, 0.25) is 0 Å². The van der Waals surface area contributed by atoms with Crippen molar-refractivity contribution in [3.63, 3.8) is 0 Å². The second kappa shape index (κ2) is 6.45. The Labute approximate surface area is 137 Å². The molecule has 1 aromatic rings. The number of hydrogen-bond donors (Lipinski definition) is 1. The van der Waals surface area contributed by atoms with E-state index in [2.05, 4.69) is 15.9 Å². The maximum atomic E-state index is 12.5. The minimum atomic E-state index is -0.149. The first-order valence-electron chi connectivity index (χ1n) is 6.38. The van der Waals surface area contributed by atoms with E-state index in [0.717, 1.165) is 17.3 Å². The lowest BCUT2D eigenvalue weighted by Gasteiger charge is -2.40. The summed E-state index contributed by atoms with van der Waals surface area (Å²) in [5.74, 6) is 0.0731. The molecule has 0 saturated carbocycles. The quantitative estimate of drug-likeness (QED) is 0.828. The fourth-order valence-electron chi connectivity index (χ4n) is 2.43. The number of piperidine rings is 1. The van der Waals surface area contributed by atoms with Gasteiger partial charge in [-0.15, -0.1) is 0 Å². The highest BCUT2D eigenvalue weighted by Gasteiger charge is 2.37. The molecule has 1 aliphatic rings. The standard InChI is InChI=1S/C14H17BrN2OS2/c1-20-14(13(16)19)5-7-17(8-6-14)12(18)10-3-2-4-11(15)9-10/h2-4,9H,5-8H2,1H3,(H2,16,19). The van der Waals surface area contributed by atoms with Crippen LogP contribution in [0.4, 0.5) is 0 Å². The van der Waals surface area contributed by atoms with Crippen LogP contribution >= 0.6 is 39.9 Å². The number of thioether (sulfide) groups is 1. The van der Waals surface area contributed by atoms with E-state index in [4.69, 9.17) is 18.0 Å². The van der Waals surface area contributed by atoms with Crippen molar-refractivity contribution in [2.24, 2.45) is 5.73 Å². The molecule has 0 aromatic heterocycles. The Morgan fingerprint density at radius 1 is 1.45 bits per heavy atom. The van der Waals surface area contributed by atoms with E-state index in [9.17, 15) is 4.79 Å². The van der Waals surface area contributed by atoms with Gasteiger partial charge in [0.15, 0.2) is 0 Å². The molecular formula is C14H17BrN2OS2. The number of carbonyl (C=O) groups is 1. The molecule has 1 aromatic carbocycles. The van der Waals surface area contributed by atoms with Crippen LogP contribution in [-0.2, 0) is 0 Å². The summed E-state index contributed by atoms with van der Waals surface area (Å²) in [6.07, 6.45) is 3.68. The Hall–Kier alpha value is -0.590. The topological polar surface area (TPSA) is 46.3 Å². The van der Waals surface area contributed by atoms with Crippen LogP contribution in [0.5, 0.6) is 0 Å². The molecule has 108 valence electrons. The van der Waals surface area contributed by atoms with Crippen molar-refractivity contribution in [3.05, 3.63) is 34.3 Å². The van der Waals surface area contributed by atoms with Gasteiger partial charge in [0.25, 0.3) is 5.91 Å². The monoisotopic (exact) mass is 372 g/mol. The lowest BCUT2D eigenvalue weighted by Crippen LogP contribution is -2.50. The number of rotatable bonds is 3. The molecule has 0 atom stereocenters. The van der Waals surface area contributed by atoms with Crippen LogP contribution in [0.15, 0.2) is 28.7 Å². The van der Waals surface area contributed by atoms with Gasteiger partial charge in [0.05, 0.1) is 9.74 Å². The zero-order valence-corrected chi connectivity index (χ0v) is 14.5. The lowest BCUT2D eigenvalue weighted by atomic mass is 9.95. The molecule has 1 aliphatic heterocycles. The van der Waals surface area contributed by atoms with E-state index in [-0.39, 0.29) is 10.7 Å². The van der Waals surface area contributed by atoms with Gasteiger partial charge in [0.1, 0.15) is 0 Å². The third-order valence-corrected chi connectivity index (χ3v) is 6.19. The molecule has 0 radical (unpaired) electrons. The SMILES string of the molecule is CSC1(C(N)=S)CCN(C(=O)c2cccc(Br)c2)CC1. The van der Waals surface area contributed by atoms with Crippen molar-refractivity contribution in [2.45, 2.75) is 17.6 Å². The number of hydrogen-bond acceptors (Lipinski definition) is 3. The molecule has 0 spiro atoms. The van der Waals surface area contributed by atoms with E-state index in [1.165, 1.54) is 0 Å². The molecule has 3 nitrogen and oxygen atoms in total. The first-order valence-corrected chi connectivity index (χ1v) is 8.81. The van der Waals surface area contributed by atoms with Gasteiger partial charge in [-0.2, -0.15) is 11.8 Å². The maximum absolute atomic E-state index is 12.5. The summed E-state index contributed by atoms with van der Waals surface area (Å²) in [4.78, 5) is 14.9. The fraction of sp³-hybridized carbons (Fsp3) is 0.429. The van der Waals surface area contributed by atoms with Crippen molar-refractivity contribution in [1.82, 2.24) is 4.90 Å². The Morgan fingerprint density at radius 3 is 2.60 bits per heavy atom. The number of nitrogens with zero attached hydrogens (tertiary/aromatic N) is 1. The van der Waals surface area contributed by atoms with Crippen LogP contribution in [0.3, 0.4) is 0 Å². The van der Waals surface area contributed by atoms with Gasteiger partial charge in [-0.25, -0.2) is 0 Å². The van der Waals surface area contributed by atoms with Crippen molar-refractivity contribution in [3.8, 4) is 0 Å². The van der Waals surface area contributed by atoms with Gasteiger partial charge in [-0.05, 0) is 37.3 Å². The smallest absolute Gasteiger partial charge is 0.253 e. The zero-order chi connectivity index (χ0) is 14.8. The largest absolute Gasteiger partial charge is 0.392 e. The summed E-state index contributed by atoms with van der Waals surface area (Å²) in [7, 11) is 0. The number of halogens is 1. The normalized spacial score (nSPS) is 17.8. The number of benzene rings is 1. The number of thiocarbonyl (C=S) groups is 1. The Kier molecular flexibility index (Phi) is 5.09. The second-order valence-corrected chi connectivity index (χ2v) is 7.41. The lowest BCUT2D eigenvalue weighted by molar-refractivity contribution is 0.0719. The van der Waals surface area contributed by atoms with Gasteiger partial charge in [-0.3, -0.25) is 4.79 Å². The van der Waals surface area contributed by atoms with Gasteiger partial charge >= 0.3 is 0 Å². The Bertz CT molecular complexity index is 528. The van der Waals surface area contributed by atoms with Gasteiger partial charge < -0.3 is 10.6 Å². The summed E-state index contributed by atoms with van der Waals surface area (Å²) in [6, 6.07) is 7.49. The van der Waals surface area contributed by atoms with E-state index in [1.807, 2.05) is 35.4 Å². The van der Waals surface area contributed by atoms with Crippen molar-refractivity contribution >= 4 is 50.8 Å². The number of nitrogens with two attached hydrogens (primary N) is 1. The van der Waals surface area contributed by atoms with Crippen LogP contribution in [0.25, 0.3) is 0 Å². The highest BCUT2D eigenvalue weighted by Crippen LogP contribution is 2.35. The molecular weight excluding hydrogens is 356 g/mol. The predicted molar refractivity (Wildman–Crippen MR) is 92.3 cm³/mol. The number of likely N-dealkylation sites (tertiary alicyclic amines) is 1. The first-order chi connectivity index (χ1) is 9.48. The molecule has 0 aliphatic carbocycles. The second-order valence-electron chi connectivity index (χ2n) is 4.87. The minimum absolute atomic E-state index is 0.0731. The number of carbonyl (C=O) groups excluding carboxylic acids is 1. The molecule has 1 amide bonds. The zero-order valence-electron chi connectivity index (χ0n) is 11.3. The first kappa shape index (κ1) is 15.8. The maximum Gasteiger partial charge on any atom is 0.253 e. The Morgan fingerprint density at radius 2 is 2.10 bits per heavy atom. The fourth-order valence-corrected chi connectivity index (χ4v) is 4.07. The molecule has 20 heavy (non-hydrogen) atoms. The molecule has 6 heteroatoms. The summed E-state index contributed by atoms with van der Waals surface area (Å²) < 4.78 is 0.769. The average molecular weight is 373 g/mol. The molecule has 1 heterocycles. The Balaban J connectivity index is 2.07. The van der Waals surface area contributed by atoms with E-state index < -0.39 is 0 Å². The van der Waals surface area contributed by atoms with E-state index in [0.29, 0.717) is 23.6 Å². The third kappa shape index (κ3) is 3.18. The van der Waals surface area contributed by atoms with E-state index in [1.54, 1.807) is 11.8 Å². The van der Waals surface area contributed by atoms with E-state index >= 15 is 0 Å². The van der Waals surface area contributed by atoms with Crippen LogP contribution in [-0.4, -0.2) is 39.9 Å². The van der Waals surface area contributed by atoms with Crippen LogP contribution in [0, 0.1) is 0 Å². The molecule has 0 unspecified atom stereocenters. The molecule has 2 rings (SSSR count). The van der Waals surface area contributed by atoms with Gasteiger partial charge in [-0.1, -0.05) is 34.2 Å². The highest BCUT2D eigenvalue weighted by molar-refractivity contribution is 9.10. The van der Waals surface area contributed by atoms with Crippen molar-refractivity contribution in [1.29, 1.82) is 0 Å². The van der Waals surface area contributed by atoms with Crippen molar-refractivity contribution in [2.75, 3.05) is 19.3 Å². The molecule has 0 bridgehead atoms. The third-order valence-electron chi connectivity index (χ3n) is 3.77. The average Bonchev–Trinajstić information content (AvgIpc) is 2.46.